The number of benzene rings is 6. The molecule has 11 N–H and O–H groups in total. The van der Waals surface area contributed by atoms with Gasteiger partial charge in [-0.1, -0.05) is 146 Å². The van der Waals surface area contributed by atoms with Crippen LogP contribution in [-0.4, -0.2) is 142 Å². The van der Waals surface area contributed by atoms with Gasteiger partial charge in [-0.3, -0.25) is 22.8 Å². The molecule has 2 amide bonds. The molecule has 0 bridgehead atoms. The van der Waals surface area contributed by atoms with Crippen LogP contribution in [0.1, 0.15) is 113 Å². The minimum absolute atomic E-state index is 0.0368. The second-order valence-electron chi connectivity index (χ2n) is 30.9. The van der Waals surface area contributed by atoms with Gasteiger partial charge in [0.25, 0.3) is 0 Å². The highest BCUT2D eigenvalue weighted by Crippen LogP contribution is 2.49. The first kappa shape index (κ1) is 73.4. The van der Waals surface area contributed by atoms with E-state index in [1.54, 1.807) is 25.5 Å². The summed E-state index contributed by atoms with van der Waals surface area (Å²) in [6.45, 7) is 8.35. The third-order valence-electron chi connectivity index (χ3n) is 22.9. The molecule has 0 unspecified atom stereocenters. The molecule has 10 heterocycles. The van der Waals surface area contributed by atoms with Crippen LogP contribution < -0.4 is 33.2 Å². The quantitative estimate of drug-likeness (QED) is 0.0370. The minimum atomic E-state index is -0.813. The summed E-state index contributed by atoms with van der Waals surface area (Å²) in [7, 11) is 0. The van der Waals surface area contributed by atoms with E-state index in [9.17, 15) is 19.8 Å². The normalized spacial score (nSPS) is 19.5. The topological polar surface area (TPSA) is 321 Å². The molecule has 0 radical (unpaired) electrons. The summed E-state index contributed by atoms with van der Waals surface area (Å²) in [6, 6.07) is 61.7. The Bertz CT molecular complexity index is 6000. The van der Waals surface area contributed by atoms with Gasteiger partial charge in [0, 0.05) is 151 Å². The molecule has 4 fully saturated rings. The van der Waals surface area contributed by atoms with E-state index in [4.69, 9.17) is 47.1 Å². The molecule has 15 aromatic rings. The number of nitrogen functional groups attached to an aromatic ring is 3. The Kier molecular flexibility index (Phi) is 20.4. The average molecular weight is 1500 g/mol. The van der Waals surface area contributed by atoms with Crippen molar-refractivity contribution in [1.29, 1.82) is 0 Å². The lowest BCUT2D eigenvalue weighted by Crippen LogP contribution is -2.51. The molecule has 113 heavy (non-hydrogen) atoms. The number of imidazole rings is 3. The average Bonchev–Trinajstić information content (AvgIpc) is 1.61. The lowest BCUT2D eigenvalue weighted by molar-refractivity contribution is -0.119. The fourth-order valence-electron chi connectivity index (χ4n) is 17.1. The molecule has 6 aromatic carbocycles. The molecule has 23 nitrogen and oxygen atoms in total. The van der Waals surface area contributed by atoms with Gasteiger partial charge >= 0.3 is 0 Å². The van der Waals surface area contributed by atoms with Gasteiger partial charge < -0.3 is 48.3 Å². The van der Waals surface area contributed by atoms with E-state index in [0.717, 1.165) is 186 Å². The van der Waals surface area contributed by atoms with E-state index in [0.29, 0.717) is 74.6 Å². The molecule has 19 rings (SSSR count). The number of hydrogen-bond donors (Lipinski definition) is 8. The molecule has 3 aliphatic carbocycles. The van der Waals surface area contributed by atoms with Crippen molar-refractivity contribution in [2.75, 3.05) is 63.0 Å². The number of carbonyl (C=O) groups excluding carboxylic acids is 2. The second-order valence-corrected chi connectivity index (χ2v) is 30.9. The van der Waals surface area contributed by atoms with Crippen molar-refractivity contribution in [2.45, 2.75) is 107 Å². The van der Waals surface area contributed by atoms with Crippen LogP contribution in [0, 0.1) is 5.92 Å². The summed E-state index contributed by atoms with van der Waals surface area (Å²) in [5.41, 5.74) is 34.2. The van der Waals surface area contributed by atoms with Crippen LogP contribution in [0.4, 0.5) is 17.5 Å². The summed E-state index contributed by atoms with van der Waals surface area (Å²) >= 11 is 0. The monoisotopic (exact) mass is 1500 g/mol. The van der Waals surface area contributed by atoms with Gasteiger partial charge in [-0.2, -0.15) is 0 Å². The molecule has 4 aliphatic rings. The molecule has 23 heteroatoms. The molecule has 0 atom stereocenters. The van der Waals surface area contributed by atoms with Crippen molar-refractivity contribution >= 4 is 78.5 Å². The maximum Gasteiger partial charge on any atom is 0.216 e. The maximum atomic E-state index is 11.3. The van der Waals surface area contributed by atoms with Crippen LogP contribution in [0.5, 0.6) is 0 Å². The number of likely N-dealkylation sites (tertiary alicyclic amines) is 1. The number of aromatic nitrogens is 12. The van der Waals surface area contributed by atoms with E-state index in [2.05, 4.69) is 160 Å². The van der Waals surface area contributed by atoms with E-state index >= 15 is 0 Å². The van der Waals surface area contributed by atoms with Gasteiger partial charge in [-0.25, -0.2) is 44.9 Å². The lowest BCUT2D eigenvalue weighted by Gasteiger charge is -2.45. The first-order chi connectivity index (χ1) is 55.0. The van der Waals surface area contributed by atoms with Gasteiger partial charge in [-0.15, -0.1) is 0 Å². The van der Waals surface area contributed by atoms with Gasteiger partial charge in [-0.05, 0) is 120 Å². The number of anilines is 3. The molecule has 3 saturated carbocycles. The maximum absolute atomic E-state index is 11.3. The molecule has 1 saturated heterocycles. The van der Waals surface area contributed by atoms with Crippen molar-refractivity contribution in [1.82, 2.24) is 78.9 Å². The summed E-state index contributed by atoms with van der Waals surface area (Å²) in [5.74, 6) is 5.26. The first-order valence-corrected chi connectivity index (χ1v) is 39.2. The number of hydrogen-bond acceptors (Lipinski definition) is 18. The van der Waals surface area contributed by atoms with Crippen LogP contribution in [-0.2, 0) is 9.59 Å². The van der Waals surface area contributed by atoms with Crippen LogP contribution in [0.25, 0.3) is 117 Å². The summed E-state index contributed by atoms with van der Waals surface area (Å²) in [6.07, 6.45) is 20.2. The number of fused-ring (bicyclic) bond motifs is 6. The van der Waals surface area contributed by atoms with Crippen molar-refractivity contribution in [3.05, 3.63) is 237 Å². The Balaban J connectivity index is 0.000000123. The zero-order valence-electron chi connectivity index (χ0n) is 63.4. The predicted octanol–water partition coefficient (Wildman–Crippen LogP) is 14.0. The molecule has 0 spiro atoms. The number of amides is 2. The number of rotatable bonds is 18. The fraction of sp³-hybridized carbons (Fsp3) is 0.278. The van der Waals surface area contributed by atoms with E-state index in [1.807, 2.05) is 89.7 Å². The first-order valence-electron chi connectivity index (χ1n) is 39.2. The largest absolute Gasteiger partial charge is 0.389 e. The van der Waals surface area contributed by atoms with Crippen LogP contribution >= 0.6 is 0 Å². The number of nitrogens with two attached hydrogens (primary N) is 3. The van der Waals surface area contributed by atoms with Gasteiger partial charge in [0.2, 0.25) is 11.8 Å². The zero-order chi connectivity index (χ0) is 77.3. The number of pyridine rings is 3. The van der Waals surface area contributed by atoms with Crippen molar-refractivity contribution in [2.24, 2.45) is 5.92 Å². The Morgan fingerprint density at radius 1 is 0.434 bits per heavy atom. The third kappa shape index (κ3) is 15.5. The van der Waals surface area contributed by atoms with Crippen LogP contribution in [0.3, 0.4) is 0 Å². The lowest BCUT2D eigenvalue weighted by atomic mass is 9.70. The third-order valence-corrected chi connectivity index (χ3v) is 22.9. The highest BCUT2D eigenvalue weighted by molar-refractivity contribution is 5.95. The molecule has 9 aromatic heterocycles. The number of aliphatic hydroxyl groups is 2. The SMILES string of the molecule is CC(=O)NCC1CCC(c2nc(-c3ccc4ccc(-c5ccccc5)nc4c3)c3c(N)nccn23)CC1.CC(=O)NCCNCC1(O)CC(c2nc(-c3ccc4ccc(-c5ccccc5)nc4c3)c3c(N)nccn23)C1.Nc1nccn2c(C3CC(O)(CN4CCCC4)C3)nc(-c3ccc4ccc(-c5ccccc5)nc4c3)c12. The minimum Gasteiger partial charge on any atom is -0.389 e. The van der Waals surface area contributed by atoms with E-state index in [-0.39, 0.29) is 23.7 Å². The van der Waals surface area contributed by atoms with Crippen molar-refractivity contribution in [3.8, 4) is 67.5 Å². The second kappa shape index (κ2) is 31.4. The van der Waals surface area contributed by atoms with E-state index < -0.39 is 11.2 Å². The number of nitrogens with zero attached hydrogens (tertiary/aromatic N) is 13. The van der Waals surface area contributed by atoms with E-state index in [1.165, 1.54) is 19.8 Å². The summed E-state index contributed by atoms with van der Waals surface area (Å²) < 4.78 is 6.19. The van der Waals surface area contributed by atoms with Gasteiger partial charge in [0.15, 0.2) is 0 Å². The van der Waals surface area contributed by atoms with Crippen LogP contribution in [0.15, 0.2) is 219 Å². The predicted molar refractivity (Wildman–Crippen MR) is 445 cm³/mol. The van der Waals surface area contributed by atoms with Crippen molar-refractivity contribution in [3.63, 3.8) is 0 Å². The molecular weight excluding hydrogens is 1410 g/mol. The Hall–Kier alpha value is -12.4. The molecular formula is C90H91N19O4. The standard InChI is InChI=1S/C30H31N7O2.2C30H30N6O/c1-19(38)33-12-11-32-18-30(39)16-23(17-30)29-36-26(27-28(31)34-13-14-37(27)29)22-8-7-21-9-10-24(35-25(21)15-22)20-5-3-2-4-6-20;31-28-27-26(22-9-8-21-10-11-24(33-25(21)16-22)20-6-2-1-3-7-20)34-29(36(27)15-12-32-28)23-17-30(37,18-23)19-35-13-4-5-14-35;1-19(37)33-18-20-7-9-23(10-8-20)30-35-27(28-29(31)32-15-16-36(28)30)24-12-11-22-13-14-25(34-26(22)17-24)21-5-3-2-4-6-21/h2-10,13-15,23,32,39H,11-12,16-18H2,1H3,(H2,31,34)(H,33,38);1-3,6-12,15-16,23,37H,4-5,13-14,17-19H2,(H2,31,32);2-6,11-17,20,23H,7-10,18H2,1H3,(H2,31,32)(H,33,37). The fourth-order valence-corrected chi connectivity index (χ4v) is 17.1. The highest BCUT2D eigenvalue weighted by Gasteiger charge is 2.47. The number of β-amino-alcohol motifs (C(OH)–C–C–N with tert-alkyl or cyclic N) is 1. The molecule has 1 aliphatic heterocycles. The zero-order valence-corrected chi connectivity index (χ0v) is 63.4. The number of nitrogens with one attached hydrogen (secondary N) is 3. The van der Waals surface area contributed by atoms with Crippen molar-refractivity contribution < 1.29 is 19.8 Å². The molecule has 570 valence electrons. The summed E-state index contributed by atoms with van der Waals surface area (Å²) in [4.78, 5) is 68.0. The smallest absolute Gasteiger partial charge is 0.216 e. The van der Waals surface area contributed by atoms with Gasteiger partial charge in [0.1, 0.15) is 68.6 Å². The van der Waals surface area contributed by atoms with Gasteiger partial charge in [0.05, 0.1) is 44.8 Å². The van der Waals surface area contributed by atoms with Crippen LogP contribution in [0.2, 0.25) is 0 Å². The summed E-state index contributed by atoms with van der Waals surface area (Å²) in [5, 5.41) is 34.3. The Labute approximate surface area is 653 Å². The Morgan fingerprint density at radius 2 is 0.805 bits per heavy atom. The Morgan fingerprint density at radius 3 is 1.19 bits per heavy atom. The number of carbonyl (C=O) groups is 2. The highest BCUT2D eigenvalue weighted by atomic mass is 16.3.